The molecule has 1 heterocycles. The van der Waals surface area contributed by atoms with Crippen LogP contribution in [0.2, 0.25) is 0 Å². The van der Waals surface area contributed by atoms with Crippen LogP contribution in [0.3, 0.4) is 0 Å². The number of anilines is 1. The summed E-state index contributed by atoms with van der Waals surface area (Å²) in [5.74, 6) is 0.731. The third-order valence-electron chi connectivity index (χ3n) is 2.00. The van der Waals surface area contributed by atoms with Gasteiger partial charge >= 0.3 is 0 Å². The van der Waals surface area contributed by atoms with Crippen molar-refractivity contribution in [2.24, 2.45) is 5.92 Å². The monoisotopic (exact) mass is 214 g/mol. The smallest absolute Gasteiger partial charge is 0.203 e. The fourth-order valence-electron chi connectivity index (χ4n) is 1.10. The Bertz CT molecular complexity index is 272. The van der Waals surface area contributed by atoms with Crippen molar-refractivity contribution in [2.45, 2.75) is 33.2 Å². The van der Waals surface area contributed by atoms with Gasteiger partial charge in [0, 0.05) is 0 Å². The Morgan fingerprint density at radius 2 is 2.07 bits per heavy atom. The van der Waals surface area contributed by atoms with Crippen LogP contribution >= 0.6 is 11.3 Å². The number of nitrogens with zero attached hydrogens (tertiary/aromatic N) is 2. The number of hydrogen-bond acceptors (Lipinski definition) is 5. The normalized spacial score (nSPS) is 13.4. The highest BCUT2D eigenvalue weighted by atomic mass is 32.1. The van der Waals surface area contributed by atoms with Crippen molar-refractivity contribution < 1.29 is 0 Å². The second kappa shape index (κ2) is 5.26. The molecule has 0 aliphatic heterocycles. The van der Waals surface area contributed by atoms with Crippen LogP contribution in [0.4, 0.5) is 5.13 Å². The molecule has 80 valence electrons. The average molecular weight is 214 g/mol. The fourth-order valence-corrected chi connectivity index (χ4v) is 1.74. The Labute approximate surface area is 88.9 Å². The highest BCUT2D eigenvalue weighted by molar-refractivity contribution is 7.15. The molecule has 0 aliphatic carbocycles. The van der Waals surface area contributed by atoms with E-state index in [0.717, 1.165) is 17.5 Å². The van der Waals surface area contributed by atoms with Crippen molar-refractivity contribution >= 4 is 16.5 Å². The number of nitrogen functional groups attached to an aromatic ring is 1. The molecule has 0 spiro atoms. The maximum absolute atomic E-state index is 5.51. The molecule has 0 amide bonds. The standard InChI is InChI=1S/C9H18N4S/c1-6(2)4-5-11-7(3)8-12-13-9(10)14-8/h6-7,11H,4-5H2,1-3H3,(H2,10,13). The summed E-state index contributed by atoms with van der Waals surface area (Å²) >= 11 is 1.45. The van der Waals surface area contributed by atoms with E-state index in [1.54, 1.807) is 0 Å². The van der Waals surface area contributed by atoms with Crippen molar-refractivity contribution in [3.8, 4) is 0 Å². The van der Waals surface area contributed by atoms with Gasteiger partial charge in [0.05, 0.1) is 6.04 Å². The molecule has 3 N–H and O–H groups in total. The second-order valence-corrected chi connectivity index (χ2v) is 4.88. The van der Waals surface area contributed by atoms with Gasteiger partial charge in [-0.25, -0.2) is 0 Å². The summed E-state index contributed by atoms with van der Waals surface area (Å²) in [5.41, 5.74) is 5.51. The van der Waals surface area contributed by atoms with Gasteiger partial charge in [0.2, 0.25) is 5.13 Å². The van der Waals surface area contributed by atoms with E-state index in [-0.39, 0.29) is 6.04 Å². The van der Waals surface area contributed by atoms with Crippen LogP contribution in [0.25, 0.3) is 0 Å². The first kappa shape index (κ1) is 11.4. The van der Waals surface area contributed by atoms with Crippen LogP contribution in [0.15, 0.2) is 0 Å². The number of aromatic nitrogens is 2. The Morgan fingerprint density at radius 3 is 2.57 bits per heavy atom. The molecule has 4 nitrogen and oxygen atoms in total. The maximum Gasteiger partial charge on any atom is 0.203 e. The third-order valence-corrected chi connectivity index (χ3v) is 2.93. The fraction of sp³-hybridized carbons (Fsp3) is 0.778. The molecule has 0 saturated heterocycles. The zero-order valence-corrected chi connectivity index (χ0v) is 9.77. The molecule has 0 bridgehead atoms. The van der Waals surface area contributed by atoms with Crippen molar-refractivity contribution in [3.05, 3.63) is 5.01 Å². The minimum absolute atomic E-state index is 0.253. The Balaban J connectivity index is 2.32. The van der Waals surface area contributed by atoms with Crippen LogP contribution in [-0.4, -0.2) is 16.7 Å². The third kappa shape index (κ3) is 3.59. The van der Waals surface area contributed by atoms with E-state index in [1.165, 1.54) is 17.8 Å². The molecule has 1 atom stereocenters. The molecule has 0 fully saturated rings. The molecule has 5 heteroatoms. The Kier molecular flexibility index (Phi) is 4.28. The first-order valence-corrected chi connectivity index (χ1v) is 5.73. The molecule has 0 aliphatic rings. The Hall–Kier alpha value is -0.680. The summed E-state index contributed by atoms with van der Waals surface area (Å²) < 4.78 is 0. The van der Waals surface area contributed by atoms with Gasteiger partial charge in [0.1, 0.15) is 5.01 Å². The molecule has 1 aromatic rings. The number of nitrogens with two attached hydrogens (primary N) is 1. The van der Waals surface area contributed by atoms with Crippen molar-refractivity contribution in [2.75, 3.05) is 12.3 Å². The quantitative estimate of drug-likeness (QED) is 0.784. The van der Waals surface area contributed by atoms with E-state index < -0.39 is 0 Å². The van der Waals surface area contributed by atoms with E-state index in [0.29, 0.717) is 5.13 Å². The first-order valence-electron chi connectivity index (χ1n) is 4.92. The minimum Gasteiger partial charge on any atom is -0.374 e. The first-order chi connectivity index (χ1) is 6.59. The lowest BCUT2D eigenvalue weighted by Crippen LogP contribution is -2.20. The molecular weight excluding hydrogens is 196 g/mol. The summed E-state index contributed by atoms with van der Waals surface area (Å²) in [7, 11) is 0. The Morgan fingerprint density at radius 1 is 1.36 bits per heavy atom. The van der Waals surface area contributed by atoms with Gasteiger partial charge in [-0.05, 0) is 25.8 Å². The second-order valence-electron chi connectivity index (χ2n) is 3.84. The van der Waals surface area contributed by atoms with Gasteiger partial charge in [-0.2, -0.15) is 0 Å². The van der Waals surface area contributed by atoms with Crippen LogP contribution < -0.4 is 11.1 Å². The van der Waals surface area contributed by atoms with E-state index in [2.05, 4.69) is 36.3 Å². The SMILES string of the molecule is CC(C)CCNC(C)c1nnc(N)s1. The van der Waals surface area contributed by atoms with Crippen molar-refractivity contribution in [1.82, 2.24) is 15.5 Å². The predicted octanol–water partition coefficient (Wildman–Crippen LogP) is 1.82. The lowest BCUT2D eigenvalue weighted by Gasteiger charge is -2.11. The average Bonchev–Trinajstić information content (AvgIpc) is 2.51. The number of hydrogen-bond donors (Lipinski definition) is 2. The van der Waals surface area contributed by atoms with Crippen LogP contribution in [0.5, 0.6) is 0 Å². The lowest BCUT2D eigenvalue weighted by atomic mass is 10.1. The van der Waals surface area contributed by atoms with Crippen LogP contribution in [0.1, 0.15) is 38.2 Å². The van der Waals surface area contributed by atoms with Gasteiger partial charge in [-0.3, -0.25) is 0 Å². The molecule has 0 aromatic carbocycles. The van der Waals surface area contributed by atoms with E-state index in [4.69, 9.17) is 5.73 Å². The minimum atomic E-state index is 0.253. The highest BCUT2D eigenvalue weighted by Gasteiger charge is 2.09. The summed E-state index contributed by atoms with van der Waals surface area (Å²) in [4.78, 5) is 0. The molecule has 0 radical (unpaired) electrons. The molecule has 14 heavy (non-hydrogen) atoms. The van der Waals surface area contributed by atoms with E-state index in [9.17, 15) is 0 Å². The molecule has 1 rings (SSSR count). The number of rotatable bonds is 5. The number of nitrogens with one attached hydrogen (secondary N) is 1. The van der Waals surface area contributed by atoms with Crippen LogP contribution in [0, 0.1) is 5.92 Å². The molecule has 1 unspecified atom stereocenters. The van der Waals surface area contributed by atoms with Gasteiger partial charge in [-0.15, -0.1) is 10.2 Å². The van der Waals surface area contributed by atoms with Gasteiger partial charge in [0.15, 0.2) is 0 Å². The van der Waals surface area contributed by atoms with Crippen LogP contribution in [-0.2, 0) is 0 Å². The van der Waals surface area contributed by atoms with Gasteiger partial charge < -0.3 is 11.1 Å². The van der Waals surface area contributed by atoms with Crippen molar-refractivity contribution in [1.29, 1.82) is 0 Å². The van der Waals surface area contributed by atoms with E-state index in [1.807, 2.05) is 0 Å². The zero-order valence-electron chi connectivity index (χ0n) is 8.95. The van der Waals surface area contributed by atoms with Gasteiger partial charge in [0.25, 0.3) is 0 Å². The predicted molar refractivity (Wildman–Crippen MR) is 60.2 cm³/mol. The molecule has 1 aromatic heterocycles. The highest BCUT2D eigenvalue weighted by Crippen LogP contribution is 2.18. The zero-order chi connectivity index (χ0) is 10.6. The summed E-state index contributed by atoms with van der Waals surface area (Å²) in [5, 5.41) is 12.7. The molecular formula is C9H18N4S. The van der Waals surface area contributed by atoms with Gasteiger partial charge in [-0.1, -0.05) is 25.2 Å². The van der Waals surface area contributed by atoms with E-state index >= 15 is 0 Å². The maximum atomic E-state index is 5.51. The summed E-state index contributed by atoms with van der Waals surface area (Å²) in [6.45, 7) is 7.53. The lowest BCUT2D eigenvalue weighted by molar-refractivity contribution is 0.494. The van der Waals surface area contributed by atoms with Crippen molar-refractivity contribution in [3.63, 3.8) is 0 Å². The largest absolute Gasteiger partial charge is 0.374 e. The molecule has 0 saturated carbocycles. The summed E-state index contributed by atoms with van der Waals surface area (Å²) in [6.07, 6.45) is 1.18. The summed E-state index contributed by atoms with van der Waals surface area (Å²) in [6, 6.07) is 0.253. The topological polar surface area (TPSA) is 63.8 Å².